The van der Waals surface area contributed by atoms with Crippen molar-refractivity contribution < 1.29 is 24.2 Å². The maximum absolute atomic E-state index is 11.9. The molecule has 0 aromatic rings. The highest BCUT2D eigenvalue weighted by molar-refractivity contribution is 5.85. The number of carbonyl (C=O) groups is 3. The first kappa shape index (κ1) is 43.2. The SMILES string of the molecule is CC(=O)O.CCCCCCCCC=CCCCCCCCC(=O)OC(=O)CCCCCCC/C=C\CCCCCCCC. The van der Waals surface area contributed by atoms with Crippen molar-refractivity contribution >= 4 is 17.9 Å². The zero-order chi connectivity index (χ0) is 32.1. The van der Waals surface area contributed by atoms with Crippen LogP contribution in [0.5, 0.6) is 0 Å². The number of esters is 2. The lowest BCUT2D eigenvalue weighted by Gasteiger charge is -2.04. The Balaban J connectivity index is 0. The van der Waals surface area contributed by atoms with Gasteiger partial charge in [-0.1, -0.05) is 141 Å². The van der Waals surface area contributed by atoms with Crippen molar-refractivity contribution in [1.29, 1.82) is 0 Å². The largest absolute Gasteiger partial charge is 0.481 e. The van der Waals surface area contributed by atoms with E-state index in [4.69, 9.17) is 14.6 Å². The number of allylic oxidation sites excluding steroid dienone is 4. The molecule has 5 nitrogen and oxygen atoms in total. The van der Waals surface area contributed by atoms with Crippen LogP contribution in [0, 0.1) is 0 Å². The summed E-state index contributed by atoms with van der Waals surface area (Å²) in [6.07, 6.45) is 42.2. The lowest BCUT2D eigenvalue weighted by atomic mass is 10.1. The summed E-state index contributed by atoms with van der Waals surface area (Å²) < 4.78 is 4.99. The summed E-state index contributed by atoms with van der Waals surface area (Å²) in [6.45, 7) is 5.61. The second-order valence-corrected chi connectivity index (χ2v) is 12.0. The molecule has 252 valence electrons. The Hall–Kier alpha value is -1.91. The second kappa shape index (κ2) is 38.1. The van der Waals surface area contributed by atoms with Gasteiger partial charge in [0.2, 0.25) is 0 Å². The van der Waals surface area contributed by atoms with Crippen LogP contribution in [0.25, 0.3) is 0 Å². The lowest BCUT2D eigenvalue weighted by molar-refractivity contribution is -0.159. The summed E-state index contributed by atoms with van der Waals surface area (Å²) >= 11 is 0. The van der Waals surface area contributed by atoms with Gasteiger partial charge in [0.25, 0.3) is 5.97 Å². The van der Waals surface area contributed by atoms with Crippen molar-refractivity contribution in [2.75, 3.05) is 0 Å². The summed E-state index contributed by atoms with van der Waals surface area (Å²) in [6, 6.07) is 0. The van der Waals surface area contributed by atoms with Crippen LogP contribution in [0.2, 0.25) is 0 Å². The molecule has 0 unspecified atom stereocenters. The van der Waals surface area contributed by atoms with Gasteiger partial charge >= 0.3 is 11.9 Å². The van der Waals surface area contributed by atoms with Gasteiger partial charge in [-0.25, -0.2) is 0 Å². The summed E-state index contributed by atoms with van der Waals surface area (Å²) in [5, 5.41) is 7.42. The van der Waals surface area contributed by atoms with Crippen molar-refractivity contribution in [3.63, 3.8) is 0 Å². The number of hydrogen-bond acceptors (Lipinski definition) is 4. The highest BCUT2D eigenvalue weighted by Gasteiger charge is 2.09. The summed E-state index contributed by atoms with van der Waals surface area (Å²) in [4.78, 5) is 32.8. The van der Waals surface area contributed by atoms with E-state index < -0.39 is 5.97 Å². The molecule has 43 heavy (non-hydrogen) atoms. The number of carbonyl (C=O) groups excluding carboxylic acids is 2. The first-order valence-corrected chi connectivity index (χ1v) is 18.2. The van der Waals surface area contributed by atoms with E-state index in [0.717, 1.165) is 45.4 Å². The van der Waals surface area contributed by atoms with Crippen molar-refractivity contribution in [2.24, 2.45) is 0 Å². The maximum atomic E-state index is 11.9. The van der Waals surface area contributed by atoms with Crippen LogP contribution in [-0.4, -0.2) is 23.0 Å². The van der Waals surface area contributed by atoms with E-state index in [1.807, 2.05) is 0 Å². The van der Waals surface area contributed by atoms with Crippen LogP contribution in [0.4, 0.5) is 0 Å². The second-order valence-electron chi connectivity index (χ2n) is 12.0. The van der Waals surface area contributed by atoms with Crippen molar-refractivity contribution in [3.8, 4) is 0 Å². The number of hydrogen-bond donors (Lipinski definition) is 1. The van der Waals surface area contributed by atoms with Crippen LogP contribution in [0.15, 0.2) is 24.3 Å². The Morgan fingerprint density at radius 3 is 0.953 bits per heavy atom. The van der Waals surface area contributed by atoms with Gasteiger partial charge < -0.3 is 9.84 Å². The smallest absolute Gasteiger partial charge is 0.313 e. The Bertz CT molecular complexity index is 613. The first-order chi connectivity index (χ1) is 20.9. The molecule has 0 heterocycles. The number of carboxylic acids is 1. The monoisotopic (exact) mass is 607 g/mol. The molecule has 0 saturated heterocycles. The Kier molecular flexibility index (Phi) is 38.3. The molecule has 0 aliphatic carbocycles. The minimum Gasteiger partial charge on any atom is -0.481 e. The van der Waals surface area contributed by atoms with E-state index in [9.17, 15) is 9.59 Å². The highest BCUT2D eigenvalue weighted by atomic mass is 16.6. The molecule has 1 N–H and O–H groups in total. The van der Waals surface area contributed by atoms with Gasteiger partial charge in [-0.15, -0.1) is 0 Å². The quantitative estimate of drug-likeness (QED) is 0.0381. The average molecular weight is 607 g/mol. The number of ether oxygens (including phenoxy) is 1. The molecule has 0 spiro atoms. The normalized spacial score (nSPS) is 11.1. The number of carboxylic acid groups (broad SMARTS) is 1. The molecular weight excluding hydrogens is 536 g/mol. The Morgan fingerprint density at radius 2 is 0.674 bits per heavy atom. The minimum absolute atomic E-state index is 0.342. The van der Waals surface area contributed by atoms with Gasteiger partial charge in [0, 0.05) is 19.8 Å². The van der Waals surface area contributed by atoms with Crippen LogP contribution >= 0.6 is 0 Å². The predicted molar refractivity (Wildman–Crippen MR) is 183 cm³/mol. The average Bonchev–Trinajstić information content (AvgIpc) is 2.96. The summed E-state index contributed by atoms with van der Waals surface area (Å²) in [5.74, 6) is -1.52. The van der Waals surface area contributed by atoms with E-state index in [1.54, 1.807) is 0 Å². The molecular formula is C38H70O5. The van der Waals surface area contributed by atoms with Gasteiger partial charge in [-0.3, -0.25) is 14.4 Å². The van der Waals surface area contributed by atoms with Gasteiger partial charge in [0.1, 0.15) is 0 Å². The molecule has 0 atom stereocenters. The standard InChI is InChI=1S/C36H66O3.C2H4O2/c1-3-5-7-9-11-13-15-17-19-21-23-25-27-29-31-33-35(37)39-36(38)34-32-30-28-26-24-22-20-18-16-14-12-10-8-6-4-2;1-2(3)4/h17-20H,3-16,21-34H2,1-2H3;1H3,(H,3,4)/b19-17-,20-18?;. The van der Waals surface area contributed by atoms with E-state index in [1.165, 1.54) is 128 Å². The van der Waals surface area contributed by atoms with Gasteiger partial charge in [0.15, 0.2) is 0 Å². The summed E-state index contributed by atoms with van der Waals surface area (Å²) in [5.41, 5.74) is 0. The van der Waals surface area contributed by atoms with Crippen LogP contribution in [-0.2, 0) is 19.1 Å². The first-order valence-electron chi connectivity index (χ1n) is 18.2. The van der Waals surface area contributed by atoms with Crippen molar-refractivity contribution in [2.45, 2.75) is 201 Å². The molecule has 0 aromatic carbocycles. The molecule has 0 aliphatic rings. The molecule has 0 bridgehead atoms. The van der Waals surface area contributed by atoms with Gasteiger partial charge in [0.05, 0.1) is 0 Å². The molecule has 0 saturated carbocycles. The molecule has 0 aromatic heterocycles. The molecule has 5 heteroatoms. The number of unbranched alkanes of at least 4 members (excludes halogenated alkanes) is 22. The Labute approximate surface area is 266 Å². The number of rotatable bonds is 30. The minimum atomic E-state index is -0.833. The van der Waals surface area contributed by atoms with E-state index in [-0.39, 0.29) is 11.9 Å². The predicted octanol–water partition coefficient (Wildman–Crippen LogP) is 12.2. The summed E-state index contributed by atoms with van der Waals surface area (Å²) in [7, 11) is 0. The molecule has 0 fully saturated rings. The Morgan fingerprint density at radius 1 is 0.442 bits per heavy atom. The van der Waals surface area contributed by atoms with Crippen LogP contribution in [0.1, 0.15) is 201 Å². The molecule has 0 aliphatic heterocycles. The third-order valence-electron chi connectivity index (χ3n) is 7.51. The van der Waals surface area contributed by atoms with Gasteiger partial charge in [-0.2, -0.15) is 0 Å². The third kappa shape index (κ3) is 44.7. The molecule has 0 rings (SSSR count). The van der Waals surface area contributed by atoms with Crippen molar-refractivity contribution in [3.05, 3.63) is 24.3 Å². The van der Waals surface area contributed by atoms with E-state index in [2.05, 4.69) is 38.2 Å². The van der Waals surface area contributed by atoms with E-state index in [0.29, 0.717) is 12.8 Å². The fourth-order valence-corrected chi connectivity index (χ4v) is 4.91. The topological polar surface area (TPSA) is 80.7 Å². The maximum Gasteiger partial charge on any atom is 0.313 e. The fourth-order valence-electron chi connectivity index (χ4n) is 4.91. The fraction of sp³-hybridized carbons (Fsp3) is 0.816. The lowest BCUT2D eigenvalue weighted by Crippen LogP contribution is -2.11. The van der Waals surface area contributed by atoms with Crippen LogP contribution < -0.4 is 0 Å². The highest BCUT2D eigenvalue weighted by Crippen LogP contribution is 2.12. The van der Waals surface area contributed by atoms with Crippen molar-refractivity contribution in [1.82, 2.24) is 0 Å². The molecule has 0 amide bonds. The van der Waals surface area contributed by atoms with Crippen LogP contribution in [0.3, 0.4) is 0 Å². The van der Waals surface area contributed by atoms with Gasteiger partial charge in [-0.05, 0) is 64.2 Å². The number of aliphatic carboxylic acids is 1. The van der Waals surface area contributed by atoms with E-state index >= 15 is 0 Å². The molecule has 0 radical (unpaired) electrons. The zero-order valence-corrected chi connectivity index (χ0v) is 28.7. The zero-order valence-electron chi connectivity index (χ0n) is 28.7. The third-order valence-corrected chi connectivity index (χ3v) is 7.51.